The van der Waals surface area contributed by atoms with Gasteiger partial charge in [0.25, 0.3) is 5.19 Å². The molecule has 3 aromatic heterocycles. The highest BCUT2D eigenvalue weighted by Gasteiger charge is 2.16. The molecule has 0 aliphatic rings. The lowest BCUT2D eigenvalue weighted by Crippen LogP contribution is -2.24. The Labute approximate surface area is 130 Å². The van der Waals surface area contributed by atoms with Crippen molar-refractivity contribution in [1.82, 2.24) is 29.8 Å². The molecule has 22 heavy (non-hydrogen) atoms. The van der Waals surface area contributed by atoms with Crippen LogP contribution in [0.5, 0.6) is 5.19 Å². The predicted molar refractivity (Wildman–Crippen MR) is 78.8 cm³/mol. The maximum absolute atomic E-state index is 12.0. The minimum atomic E-state index is -0.449. The van der Waals surface area contributed by atoms with Gasteiger partial charge in [0.05, 0.1) is 6.93 Å². The van der Waals surface area contributed by atoms with E-state index in [2.05, 4.69) is 26.3 Å². The minimum Gasteiger partial charge on any atom is -0.465 e. The van der Waals surface area contributed by atoms with Crippen molar-refractivity contribution in [3.8, 4) is 23.4 Å². The lowest BCUT2D eigenvalue weighted by atomic mass is 10.1. The summed E-state index contributed by atoms with van der Waals surface area (Å²) in [4.78, 5) is 20.1. The van der Waals surface area contributed by atoms with Crippen LogP contribution in [0.4, 0.5) is 0 Å². The number of tetrazole rings is 1. The molecule has 110 valence electrons. The largest absolute Gasteiger partial charge is 0.465 e. The lowest BCUT2D eigenvalue weighted by molar-refractivity contribution is 0.303. The highest BCUT2D eigenvalue weighted by molar-refractivity contribution is 7.11. The number of ether oxygens (including phenoxy) is 1. The van der Waals surface area contributed by atoms with Crippen LogP contribution in [0.15, 0.2) is 28.6 Å². The average Bonchev–Trinajstić information content (AvgIpc) is 3.11. The Balaban J connectivity index is 2.02. The second-order valence-electron chi connectivity index (χ2n) is 4.13. The van der Waals surface area contributed by atoms with Crippen molar-refractivity contribution in [2.75, 3.05) is 0 Å². The van der Waals surface area contributed by atoms with Crippen molar-refractivity contribution < 1.29 is 6.11 Å². The van der Waals surface area contributed by atoms with Gasteiger partial charge in [-0.05, 0) is 16.5 Å². The van der Waals surface area contributed by atoms with E-state index in [1.807, 2.05) is 0 Å². The molecule has 0 aromatic carbocycles. The number of rotatable bonds is 4. The van der Waals surface area contributed by atoms with Crippen LogP contribution in [0, 0.1) is 12.3 Å². The normalized spacial score (nSPS) is 11.0. The van der Waals surface area contributed by atoms with E-state index in [4.69, 9.17) is 12.5 Å². The van der Waals surface area contributed by atoms with Gasteiger partial charge in [-0.15, -0.1) is 11.1 Å². The van der Waals surface area contributed by atoms with Gasteiger partial charge in [-0.3, -0.25) is 0 Å². The third kappa shape index (κ3) is 2.47. The smallest absolute Gasteiger partial charge is 0.369 e. The van der Waals surface area contributed by atoms with Crippen molar-refractivity contribution in [1.29, 1.82) is 0 Å². The summed E-state index contributed by atoms with van der Waals surface area (Å²) in [6.07, 6.45) is 7.12. The summed E-state index contributed by atoms with van der Waals surface area (Å²) >= 11 is 1.20. The summed E-state index contributed by atoms with van der Waals surface area (Å²) in [6.45, 7) is 0.0404. The Bertz CT molecular complexity index is 954. The summed E-state index contributed by atoms with van der Waals surface area (Å²) in [6, 6.07) is 1.64. The second kappa shape index (κ2) is 5.79. The first-order valence-electron chi connectivity index (χ1n) is 6.59. The first-order valence-corrected chi connectivity index (χ1v) is 6.97. The van der Waals surface area contributed by atoms with Gasteiger partial charge in [0.2, 0.25) is 0 Å². The molecule has 0 saturated heterocycles. The highest BCUT2D eigenvalue weighted by Crippen LogP contribution is 2.19. The van der Waals surface area contributed by atoms with E-state index in [0.29, 0.717) is 16.3 Å². The third-order valence-corrected chi connectivity index (χ3v) is 3.45. The van der Waals surface area contributed by atoms with Crippen LogP contribution in [-0.4, -0.2) is 29.8 Å². The molecular weight excluding hydrogens is 304 g/mol. The van der Waals surface area contributed by atoms with E-state index < -0.39 is 5.69 Å². The van der Waals surface area contributed by atoms with Gasteiger partial charge in [-0.1, -0.05) is 17.3 Å². The summed E-state index contributed by atoms with van der Waals surface area (Å²) in [7, 11) is 1.48. The minimum absolute atomic E-state index is 0.0404. The Kier molecular flexibility index (Phi) is 3.35. The van der Waals surface area contributed by atoms with Crippen molar-refractivity contribution in [3.05, 3.63) is 45.4 Å². The van der Waals surface area contributed by atoms with Crippen molar-refractivity contribution >= 4 is 11.3 Å². The van der Waals surface area contributed by atoms with Crippen LogP contribution >= 0.6 is 11.3 Å². The number of thiazole rings is 1. The molecule has 0 bridgehead atoms. The van der Waals surface area contributed by atoms with Gasteiger partial charge in [-0.2, -0.15) is 4.68 Å². The maximum Gasteiger partial charge on any atom is 0.369 e. The zero-order valence-corrected chi connectivity index (χ0v) is 12.2. The maximum atomic E-state index is 12.0. The zero-order chi connectivity index (χ0) is 16.4. The number of terminal acetylenes is 1. The molecule has 3 heterocycles. The molecule has 0 aliphatic heterocycles. The third-order valence-electron chi connectivity index (χ3n) is 2.82. The van der Waals surface area contributed by atoms with E-state index in [1.165, 1.54) is 24.6 Å². The van der Waals surface area contributed by atoms with Crippen LogP contribution in [0.25, 0.3) is 5.82 Å². The molecular formula is C13H10N6O2S. The molecule has 9 heteroatoms. The fourth-order valence-electron chi connectivity index (χ4n) is 1.77. The molecule has 0 N–H and O–H groups in total. The summed E-state index contributed by atoms with van der Waals surface area (Å²) in [5, 5.41) is 9.31. The van der Waals surface area contributed by atoms with Gasteiger partial charge >= 0.3 is 5.69 Å². The van der Waals surface area contributed by atoms with Crippen LogP contribution < -0.4 is 10.4 Å². The van der Waals surface area contributed by atoms with Crippen LogP contribution in [0.2, 0.25) is 0 Å². The molecule has 3 rings (SSSR count). The molecule has 0 unspecified atom stereocenters. The number of nitrogens with zero attached hydrogens (tertiary/aromatic N) is 6. The first-order chi connectivity index (χ1) is 11.1. The lowest BCUT2D eigenvalue weighted by Gasteiger charge is -2.09. The average molecular weight is 316 g/mol. The van der Waals surface area contributed by atoms with E-state index in [1.54, 1.807) is 11.4 Å². The van der Waals surface area contributed by atoms with E-state index in [0.717, 1.165) is 9.36 Å². The van der Waals surface area contributed by atoms with Crippen molar-refractivity contribution in [2.24, 2.45) is 7.05 Å². The molecule has 0 saturated carbocycles. The number of hydrogen-bond acceptors (Lipinski definition) is 7. The second-order valence-corrected chi connectivity index (χ2v) is 4.95. The van der Waals surface area contributed by atoms with Gasteiger partial charge in [0.15, 0.2) is 5.82 Å². The Hall–Kier alpha value is -2.99. The first kappa shape index (κ1) is 12.7. The fraction of sp³-hybridized carbons (Fsp3) is 0.154. The predicted octanol–water partition coefficient (Wildman–Crippen LogP) is 0.378. The molecule has 0 radical (unpaired) electrons. The SMILES string of the molecule is [3H]c1csc(OCc2c(C#C)ccnc2-n2nnn(C)c2=O)n1. The summed E-state index contributed by atoms with van der Waals surface area (Å²) < 4.78 is 15.1. The van der Waals surface area contributed by atoms with Crippen molar-refractivity contribution in [3.63, 3.8) is 0 Å². The summed E-state index contributed by atoms with van der Waals surface area (Å²) in [5.41, 5.74) is 0.588. The van der Waals surface area contributed by atoms with Gasteiger partial charge in [0, 0.05) is 30.4 Å². The monoisotopic (exact) mass is 316 g/mol. The number of aromatic nitrogens is 6. The van der Waals surface area contributed by atoms with E-state index in [-0.39, 0.29) is 18.6 Å². The number of hydrogen-bond donors (Lipinski definition) is 0. The number of aryl methyl sites for hydroxylation is 1. The van der Waals surface area contributed by atoms with E-state index in [9.17, 15) is 4.79 Å². The van der Waals surface area contributed by atoms with Crippen LogP contribution in [0.1, 0.15) is 12.5 Å². The highest BCUT2D eigenvalue weighted by atomic mass is 32.1. The Morgan fingerprint density at radius 3 is 3.00 bits per heavy atom. The van der Waals surface area contributed by atoms with Crippen molar-refractivity contribution in [2.45, 2.75) is 6.61 Å². The fourth-order valence-corrected chi connectivity index (χ4v) is 2.21. The molecule has 3 aromatic rings. The van der Waals surface area contributed by atoms with Gasteiger partial charge < -0.3 is 4.74 Å². The Morgan fingerprint density at radius 1 is 1.50 bits per heavy atom. The summed E-state index contributed by atoms with van der Waals surface area (Å²) in [5.74, 6) is 2.78. The molecule has 0 atom stereocenters. The Morgan fingerprint density at radius 2 is 2.36 bits per heavy atom. The zero-order valence-electron chi connectivity index (χ0n) is 12.4. The quantitative estimate of drug-likeness (QED) is 0.647. The van der Waals surface area contributed by atoms with Gasteiger partial charge in [-0.25, -0.2) is 14.8 Å². The van der Waals surface area contributed by atoms with Crippen LogP contribution in [-0.2, 0) is 13.7 Å². The molecule has 8 nitrogen and oxygen atoms in total. The molecule has 0 aliphatic carbocycles. The standard InChI is InChI=1S/C13H10N6O2S/c1-3-9-4-5-14-11(19-13(20)18(2)16-17-19)10(9)8-21-12-15-6-7-22-12/h1,4-7H,8H2,2H3/i6T. The molecule has 0 fully saturated rings. The van der Waals surface area contributed by atoms with Gasteiger partial charge in [0.1, 0.15) is 6.61 Å². The topological polar surface area (TPSA) is 87.7 Å². The number of pyridine rings is 1. The molecule has 0 spiro atoms. The van der Waals surface area contributed by atoms with Crippen LogP contribution in [0.3, 0.4) is 0 Å². The van der Waals surface area contributed by atoms with E-state index >= 15 is 0 Å². The molecule has 0 amide bonds.